The van der Waals surface area contributed by atoms with Gasteiger partial charge in [-0.1, -0.05) is 12.1 Å². The second kappa shape index (κ2) is 9.10. The molecular formula is C28H31NO10. The zero-order chi connectivity index (χ0) is 28.6. The topological polar surface area (TPSA) is 186 Å². The number of hydrogen-bond acceptors (Lipinski definition) is 11. The van der Waals surface area contributed by atoms with Crippen LogP contribution in [0, 0.1) is 0 Å². The number of carbonyl (C=O) groups excluding carboxylic acids is 3. The van der Waals surface area contributed by atoms with Crippen LogP contribution in [-0.2, 0) is 20.7 Å². The van der Waals surface area contributed by atoms with E-state index >= 15 is 0 Å². The van der Waals surface area contributed by atoms with E-state index in [0.717, 1.165) is 0 Å². The van der Waals surface area contributed by atoms with E-state index in [0.29, 0.717) is 0 Å². The van der Waals surface area contributed by atoms with Gasteiger partial charge in [-0.25, -0.2) is 0 Å². The molecule has 1 fully saturated rings. The number of ether oxygens (including phenoxy) is 3. The Balaban J connectivity index is 1.68. The quantitative estimate of drug-likeness (QED) is 0.301. The Morgan fingerprint density at radius 3 is 2.38 bits per heavy atom. The third kappa shape index (κ3) is 4.04. The fraction of sp³-hybridized carbons (Fsp3) is 0.464. The van der Waals surface area contributed by atoms with Crippen molar-refractivity contribution in [3.8, 4) is 17.2 Å². The lowest BCUT2D eigenvalue weighted by Gasteiger charge is -2.45. The molecule has 6 atom stereocenters. The van der Waals surface area contributed by atoms with Gasteiger partial charge in [-0.2, -0.15) is 0 Å². The van der Waals surface area contributed by atoms with Crippen LogP contribution in [0.15, 0.2) is 18.2 Å². The molecule has 39 heavy (non-hydrogen) atoms. The lowest BCUT2D eigenvalue weighted by Crippen LogP contribution is -2.60. The molecule has 2 aliphatic carbocycles. The van der Waals surface area contributed by atoms with Crippen LogP contribution in [0.2, 0.25) is 0 Å². The minimum Gasteiger partial charge on any atom is -0.507 e. The van der Waals surface area contributed by atoms with Gasteiger partial charge < -0.3 is 40.4 Å². The fourth-order valence-electron chi connectivity index (χ4n) is 5.94. The number of rotatable bonds is 4. The molecule has 1 aliphatic heterocycles. The lowest BCUT2D eigenvalue weighted by molar-refractivity contribution is -0.258. The lowest BCUT2D eigenvalue weighted by atomic mass is 9.72. The number of benzene rings is 2. The highest BCUT2D eigenvalue weighted by Crippen LogP contribution is 2.52. The summed E-state index contributed by atoms with van der Waals surface area (Å²) in [6.07, 6.45) is -4.71. The molecule has 2 aromatic rings. The van der Waals surface area contributed by atoms with E-state index in [1.807, 2.05) is 0 Å². The molecule has 0 aromatic heterocycles. The summed E-state index contributed by atoms with van der Waals surface area (Å²) < 4.78 is 17.2. The maximum atomic E-state index is 13.7. The summed E-state index contributed by atoms with van der Waals surface area (Å²) in [6, 6.07) is 4.44. The van der Waals surface area contributed by atoms with Gasteiger partial charge in [0, 0.05) is 41.5 Å². The number of aliphatic hydroxyl groups excluding tert-OH is 1. The smallest absolute Gasteiger partial charge is 0.202 e. The van der Waals surface area contributed by atoms with Crippen molar-refractivity contribution in [1.82, 2.24) is 0 Å². The standard InChI is InChI=1S/C28H31NO10/c1-11-26(35)27(3,29)10-17(38-11)39-16-9-28(36,12(2)30)8-14-19(16)25(34)21-20(23(14)32)22(31)13-6-5-7-15(37-4)18(13)24(21)33/h5-7,11,16-17,26,32,34-36H,8-10,29H2,1-4H3. The molecule has 11 nitrogen and oxygen atoms in total. The summed E-state index contributed by atoms with van der Waals surface area (Å²) in [6.45, 7) is 4.42. The first-order valence-electron chi connectivity index (χ1n) is 12.6. The number of nitrogens with two attached hydrogens (primary N) is 1. The van der Waals surface area contributed by atoms with E-state index in [1.165, 1.54) is 32.2 Å². The monoisotopic (exact) mass is 541 g/mol. The third-order valence-corrected chi connectivity index (χ3v) is 8.14. The van der Waals surface area contributed by atoms with E-state index in [4.69, 9.17) is 19.9 Å². The maximum Gasteiger partial charge on any atom is 0.202 e. The molecule has 1 heterocycles. The van der Waals surface area contributed by atoms with Crippen LogP contribution in [0.5, 0.6) is 17.2 Å². The Morgan fingerprint density at radius 2 is 1.77 bits per heavy atom. The van der Waals surface area contributed by atoms with E-state index in [2.05, 4.69) is 0 Å². The highest BCUT2D eigenvalue weighted by molar-refractivity contribution is 6.31. The van der Waals surface area contributed by atoms with Gasteiger partial charge in [-0.3, -0.25) is 14.4 Å². The molecule has 3 aliphatic rings. The number of ketones is 3. The van der Waals surface area contributed by atoms with Crippen LogP contribution in [0.4, 0.5) is 0 Å². The van der Waals surface area contributed by atoms with E-state index in [1.54, 1.807) is 13.8 Å². The van der Waals surface area contributed by atoms with Crippen LogP contribution in [0.25, 0.3) is 0 Å². The molecule has 6 N–H and O–H groups in total. The Hall–Kier alpha value is -3.35. The summed E-state index contributed by atoms with van der Waals surface area (Å²) in [5.74, 6) is -3.19. The average molecular weight is 542 g/mol. The number of aliphatic hydroxyl groups is 2. The normalized spacial score (nSPS) is 31.8. The molecule has 6 unspecified atom stereocenters. The number of hydrogen-bond donors (Lipinski definition) is 5. The van der Waals surface area contributed by atoms with Crippen molar-refractivity contribution >= 4 is 17.3 Å². The molecule has 208 valence electrons. The molecule has 2 aromatic carbocycles. The zero-order valence-electron chi connectivity index (χ0n) is 22.0. The molecule has 11 heteroatoms. The van der Waals surface area contributed by atoms with Crippen molar-refractivity contribution in [2.45, 2.75) is 75.8 Å². The number of fused-ring (bicyclic) bond motifs is 3. The molecule has 5 rings (SSSR count). The molecular weight excluding hydrogens is 510 g/mol. The Morgan fingerprint density at radius 1 is 1.10 bits per heavy atom. The summed E-state index contributed by atoms with van der Waals surface area (Å²) >= 11 is 0. The van der Waals surface area contributed by atoms with Gasteiger partial charge in [0.25, 0.3) is 0 Å². The van der Waals surface area contributed by atoms with Gasteiger partial charge in [0.05, 0.1) is 42.1 Å². The van der Waals surface area contributed by atoms with Crippen LogP contribution in [-0.4, -0.2) is 74.5 Å². The highest BCUT2D eigenvalue weighted by atomic mass is 16.7. The van der Waals surface area contributed by atoms with E-state index in [-0.39, 0.29) is 40.8 Å². The molecule has 0 amide bonds. The van der Waals surface area contributed by atoms with Crippen LogP contribution in [0.3, 0.4) is 0 Å². The number of methoxy groups -OCH3 is 1. The predicted molar refractivity (Wildman–Crippen MR) is 135 cm³/mol. The van der Waals surface area contributed by atoms with Crippen LogP contribution >= 0.6 is 0 Å². The first kappa shape index (κ1) is 27.2. The first-order chi connectivity index (χ1) is 18.2. The summed E-state index contributed by atoms with van der Waals surface area (Å²) in [5.41, 5.74) is 2.09. The van der Waals surface area contributed by atoms with E-state index in [9.17, 15) is 34.8 Å². The zero-order valence-corrected chi connectivity index (χ0v) is 22.0. The highest BCUT2D eigenvalue weighted by Gasteiger charge is 2.50. The molecule has 0 saturated carbocycles. The first-order valence-corrected chi connectivity index (χ1v) is 12.6. The van der Waals surface area contributed by atoms with Crippen LogP contribution in [0.1, 0.15) is 82.7 Å². The maximum absolute atomic E-state index is 13.7. The van der Waals surface area contributed by atoms with Crippen molar-refractivity contribution in [2.24, 2.45) is 5.73 Å². The summed E-state index contributed by atoms with van der Waals surface area (Å²) in [5, 5.41) is 44.5. The number of Topliss-reactive ketones (excluding diaryl/α,β-unsaturated/α-hetero) is 1. The van der Waals surface area contributed by atoms with E-state index < -0.39 is 82.1 Å². The SMILES string of the molecule is COc1cccc2c1C(=O)c1c(O)c3c(c(O)c1C2=O)CC(O)(C(C)=O)CC3OC1CC(C)(N)C(O)C(C)O1. The van der Waals surface area contributed by atoms with Gasteiger partial charge >= 0.3 is 0 Å². The predicted octanol–water partition coefficient (Wildman–Crippen LogP) is 1.42. The van der Waals surface area contributed by atoms with Crippen LogP contribution < -0.4 is 10.5 Å². The summed E-state index contributed by atoms with van der Waals surface area (Å²) in [4.78, 5) is 39.7. The van der Waals surface area contributed by atoms with Crippen molar-refractivity contribution < 1.29 is 49.0 Å². The van der Waals surface area contributed by atoms with Gasteiger partial charge in [0.2, 0.25) is 5.78 Å². The van der Waals surface area contributed by atoms with Gasteiger partial charge in [-0.15, -0.1) is 0 Å². The van der Waals surface area contributed by atoms with Crippen molar-refractivity contribution in [1.29, 1.82) is 0 Å². The molecule has 0 radical (unpaired) electrons. The van der Waals surface area contributed by atoms with Gasteiger partial charge in [0.1, 0.15) is 22.8 Å². The molecule has 1 saturated heterocycles. The van der Waals surface area contributed by atoms with Gasteiger partial charge in [-0.05, 0) is 26.8 Å². The number of aromatic hydroxyl groups is 2. The van der Waals surface area contributed by atoms with Crippen molar-refractivity contribution in [3.05, 3.63) is 51.6 Å². The van der Waals surface area contributed by atoms with Gasteiger partial charge in [0.15, 0.2) is 17.9 Å². The Kier molecular flexibility index (Phi) is 6.36. The third-order valence-electron chi connectivity index (χ3n) is 8.14. The second-order valence-corrected chi connectivity index (χ2v) is 10.9. The molecule has 0 bridgehead atoms. The van der Waals surface area contributed by atoms with Crippen molar-refractivity contribution in [3.63, 3.8) is 0 Å². The Bertz CT molecular complexity index is 1420. The molecule has 0 spiro atoms. The van der Waals surface area contributed by atoms with Crippen molar-refractivity contribution in [2.75, 3.05) is 7.11 Å². The average Bonchev–Trinajstić information content (AvgIpc) is 2.86. The Labute approximate surface area is 224 Å². The number of carbonyl (C=O) groups is 3. The minimum atomic E-state index is -2.01. The summed E-state index contributed by atoms with van der Waals surface area (Å²) in [7, 11) is 1.34. The fourth-order valence-corrected chi connectivity index (χ4v) is 5.94. The second-order valence-electron chi connectivity index (χ2n) is 10.9. The minimum absolute atomic E-state index is 0.0164. The number of phenols is 2. The number of phenolic OH excluding ortho intramolecular Hbond substituents is 2. The largest absolute Gasteiger partial charge is 0.507 e.